The number of sulfone groups is 1. The molecular formula is C26H30N6O5S. The average molecular weight is 539 g/mol. The summed E-state index contributed by atoms with van der Waals surface area (Å²) in [6.07, 6.45) is 2.14. The number of anilines is 4. The molecule has 0 bridgehead atoms. The largest absolute Gasteiger partial charge is 0.493 e. The minimum absolute atomic E-state index is 0.154. The number of rotatable bonds is 7. The molecule has 3 aromatic carbocycles. The fourth-order valence-corrected chi connectivity index (χ4v) is 4.72. The lowest BCUT2D eigenvalue weighted by Gasteiger charge is -2.14. The lowest BCUT2D eigenvalue weighted by atomic mass is 10.1. The molecule has 200 valence electrons. The van der Waals surface area contributed by atoms with Crippen LogP contribution in [-0.4, -0.2) is 39.7 Å². The second-order valence-corrected chi connectivity index (χ2v) is 9.94. The first-order chi connectivity index (χ1) is 18.1. The molecule has 0 amide bonds. The maximum atomic E-state index is 12.2. The van der Waals surface area contributed by atoms with Crippen LogP contribution in [0.5, 0.6) is 17.2 Å². The predicted octanol–water partition coefficient (Wildman–Crippen LogP) is 2.94. The summed E-state index contributed by atoms with van der Waals surface area (Å²) < 4.78 is 40.3. The van der Waals surface area contributed by atoms with Gasteiger partial charge in [0.25, 0.3) is 0 Å². The van der Waals surface area contributed by atoms with E-state index < -0.39 is 9.84 Å². The van der Waals surface area contributed by atoms with E-state index in [0.717, 1.165) is 11.1 Å². The Balaban J connectivity index is 0.000000215. The summed E-state index contributed by atoms with van der Waals surface area (Å²) >= 11 is 0. The number of nitrogens with zero attached hydrogens (tertiary/aromatic N) is 2. The van der Waals surface area contributed by atoms with Crippen molar-refractivity contribution in [3.63, 3.8) is 0 Å². The zero-order valence-electron chi connectivity index (χ0n) is 21.2. The van der Waals surface area contributed by atoms with E-state index >= 15 is 0 Å². The minimum Gasteiger partial charge on any atom is -0.493 e. The Morgan fingerprint density at radius 3 is 1.61 bits per heavy atom. The van der Waals surface area contributed by atoms with Gasteiger partial charge in [-0.25, -0.2) is 13.4 Å². The smallest absolute Gasteiger partial charge is 0.221 e. The molecule has 0 atom stereocenters. The van der Waals surface area contributed by atoms with Crippen LogP contribution in [0.4, 0.5) is 23.1 Å². The number of ether oxygens (including phenoxy) is 3. The zero-order valence-corrected chi connectivity index (χ0v) is 22.0. The van der Waals surface area contributed by atoms with Crippen molar-refractivity contribution < 1.29 is 22.6 Å². The number of hydrogen-bond donors (Lipinski definition) is 4. The summed E-state index contributed by atoms with van der Waals surface area (Å²) in [5.74, 6) is 2.23. The lowest BCUT2D eigenvalue weighted by molar-refractivity contribution is 0.324. The summed E-state index contributed by atoms with van der Waals surface area (Å²) in [6, 6.07) is 15.9. The number of aromatic nitrogens is 2. The van der Waals surface area contributed by atoms with Gasteiger partial charge in [-0.05, 0) is 66.2 Å². The molecule has 0 fully saturated rings. The van der Waals surface area contributed by atoms with Gasteiger partial charge in [0.2, 0.25) is 21.5 Å². The third-order valence-corrected chi connectivity index (χ3v) is 7.20. The summed E-state index contributed by atoms with van der Waals surface area (Å²) in [7, 11) is 1.22. The van der Waals surface area contributed by atoms with Crippen molar-refractivity contribution in [1.29, 1.82) is 0 Å². The van der Waals surface area contributed by atoms with Gasteiger partial charge in [-0.3, -0.25) is 0 Å². The highest BCUT2D eigenvalue weighted by Crippen LogP contribution is 2.38. The van der Waals surface area contributed by atoms with Gasteiger partial charge in [0.05, 0.1) is 31.1 Å². The van der Waals surface area contributed by atoms with Crippen LogP contribution in [0.15, 0.2) is 76.7 Å². The molecular weight excluding hydrogens is 508 g/mol. The van der Waals surface area contributed by atoms with Gasteiger partial charge < -0.3 is 37.1 Å². The quantitative estimate of drug-likeness (QED) is 0.253. The van der Waals surface area contributed by atoms with Gasteiger partial charge in [-0.2, -0.15) is 4.98 Å². The van der Waals surface area contributed by atoms with E-state index in [-0.39, 0.29) is 15.7 Å². The highest BCUT2D eigenvalue weighted by Gasteiger charge is 2.17. The Morgan fingerprint density at radius 2 is 1.21 bits per heavy atom. The van der Waals surface area contributed by atoms with Gasteiger partial charge in [0.1, 0.15) is 5.82 Å². The van der Waals surface area contributed by atoms with E-state index in [2.05, 4.69) is 9.97 Å². The van der Waals surface area contributed by atoms with E-state index in [1.807, 2.05) is 12.1 Å². The van der Waals surface area contributed by atoms with Gasteiger partial charge in [-0.15, -0.1) is 0 Å². The molecule has 0 aliphatic heterocycles. The summed E-state index contributed by atoms with van der Waals surface area (Å²) in [5.41, 5.74) is 25.1. The minimum atomic E-state index is -3.48. The van der Waals surface area contributed by atoms with Crippen molar-refractivity contribution in [2.75, 3.05) is 44.3 Å². The number of hydrogen-bond acceptors (Lipinski definition) is 11. The SMILES string of the molecule is COc1cc(Cc2cnc(N)nc2N)cc(OC)c1OC.Nc1ccc(S(=O)(=O)c2ccc(N)cc2)cc1. The second-order valence-electron chi connectivity index (χ2n) is 7.99. The maximum absolute atomic E-state index is 12.2. The van der Waals surface area contributed by atoms with Crippen LogP contribution >= 0.6 is 0 Å². The van der Waals surface area contributed by atoms with Gasteiger partial charge in [-0.1, -0.05) is 0 Å². The molecule has 0 spiro atoms. The highest BCUT2D eigenvalue weighted by atomic mass is 32.2. The van der Waals surface area contributed by atoms with Crippen LogP contribution in [0.1, 0.15) is 11.1 Å². The predicted molar refractivity (Wildman–Crippen MR) is 147 cm³/mol. The molecule has 0 saturated heterocycles. The summed E-state index contributed by atoms with van der Waals surface area (Å²) in [4.78, 5) is 8.34. The van der Waals surface area contributed by atoms with Gasteiger partial charge in [0, 0.05) is 29.6 Å². The first kappa shape index (κ1) is 27.9. The molecule has 4 aromatic rings. The second kappa shape index (κ2) is 12.0. The van der Waals surface area contributed by atoms with Crippen molar-refractivity contribution >= 4 is 33.0 Å². The Morgan fingerprint density at radius 1 is 0.737 bits per heavy atom. The maximum Gasteiger partial charge on any atom is 0.221 e. The topological polar surface area (TPSA) is 192 Å². The van der Waals surface area contributed by atoms with Crippen LogP contribution in [0.3, 0.4) is 0 Å². The number of nitrogen functional groups attached to an aromatic ring is 4. The van der Waals surface area contributed by atoms with E-state index in [1.54, 1.807) is 51.8 Å². The Hall–Kier alpha value is -4.71. The van der Waals surface area contributed by atoms with E-state index in [4.69, 9.17) is 37.1 Å². The Kier molecular flexibility index (Phi) is 8.81. The molecule has 11 nitrogen and oxygen atoms in total. The molecule has 8 N–H and O–H groups in total. The van der Waals surface area contributed by atoms with Crippen molar-refractivity contribution in [2.24, 2.45) is 0 Å². The van der Waals surface area contributed by atoms with Crippen LogP contribution in [0.2, 0.25) is 0 Å². The molecule has 0 unspecified atom stereocenters. The first-order valence-electron chi connectivity index (χ1n) is 11.2. The van der Waals surface area contributed by atoms with Gasteiger partial charge >= 0.3 is 0 Å². The molecule has 4 rings (SSSR count). The molecule has 0 radical (unpaired) electrons. The molecule has 1 heterocycles. The third-order valence-electron chi connectivity index (χ3n) is 5.42. The highest BCUT2D eigenvalue weighted by molar-refractivity contribution is 7.91. The van der Waals surface area contributed by atoms with Crippen molar-refractivity contribution in [3.05, 3.63) is 78.0 Å². The van der Waals surface area contributed by atoms with E-state index in [0.29, 0.717) is 40.9 Å². The number of benzene rings is 3. The van der Waals surface area contributed by atoms with Crippen molar-refractivity contribution in [1.82, 2.24) is 9.97 Å². The molecule has 1 aromatic heterocycles. The summed E-state index contributed by atoms with van der Waals surface area (Å²) in [6.45, 7) is 0. The number of methoxy groups -OCH3 is 3. The van der Waals surface area contributed by atoms with Gasteiger partial charge in [0.15, 0.2) is 11.5 Å². The zero-order chi connectivity index (χ0) is 27.9. The monoisotopic (exact) mass is 538 g/mol. The first-order valence-corrected chi connectivity index (χ1v) is 12.7. The summed E-state index contributed by atoms with van der Waals surface area (Å²) in [5, 5.41) is 0. The third kappa shape index (κ3) is 6.53. The van der Waals surface area contributed by atoms with E-state index in [1.165, 1.54) is 24.3 Å². The average Bonchev–Trinajstić information content (AvgIpc) is 2.90. The Labute approximate surface area is 221 Å². The van der Waals surface area contributed by atoms with Crippen LogP contribution in [-0.2, 0) is 16.3 Å². The standard InChI is InChI=1S/C14H18N4O3.C12H12N2O2S/c1-19-10-5-8(6-11(20-2)12(10)21-3)4-9-7-17-14(16)18-13(9)15;13-9-1-5-11(6-2-9)17(15,16)12-7-3-10(14)4-8-12/h5-7H,4H2,1-3H3,(H4,15,16,17,18);1-8H,13-14H2. The molecule has 38 heavy (non-hydrogen) atoms. The number of nitrogens with two attached hydrogens (primary N) is 4. The van der Waals surface area contributed by atoms with Crippen LogP contribution in [0, 0.1) is 0 Å². The normalized spacial score (nSPS) is 10.7. The molecule has 0 saturated carbocycles. The molecule has 12 heteroatoms. The fourth-order valence-electron chi connectivity index (χ4n) is 3.46. The van der Waals surface area contributed by atoms with Crippen LogP contribution in [0.25, 0.3) is 0 Å². The fraction of sp³-hybridized carbons (Fsp3) is 0.154. The molecule has 0 aliphatic carbocycles. The molecule has 0 aliphatic rings. The van der Waals surface area contributed by atoms with E-state index in [9.17, 15) is 8.42 Å². The Bertz CT molecular complexity index is 1420. The lowest BCUT2D eigenvalue weighted by Crippen LogP contribution is -2.04. The van der Waals surface area contributed by atoms with Crippen LogP contribution < -0.4 is 37.1 Å². The van der Waals surface area contributed by atoms with Crippen molar-refractivity contribution in [2.45, 2.75) is 16.2 Å². The van der Waals surface area contributed by atoms with Crippen molar-refractivity contribution in [3.8, 4) is 17.2 Å².